The van der Waals surface area contributed by atoms with E-state index in [0.717, 1.165) is 51.5 Å². The van der Waals surface area contributed by atoms with E-state index in [2.05, 4.69) is 119 Å². The van der Waals surface area contributed by atoms with E-state index in [1.807, 2.05) is 0 Å². The topological polar surface area (TPSA) is 71.5 Å². The average Bonchev–Trinajstić information content (AvgIpc) is 2.86. The molecule has 2 unspecified atom stereocenters. The summed E-state index contributed by atoms with van der Waals surface area (Å²) in [5, 5.41) is 0. The monoisotopic (exact) mass is 624 g/mol. The van der Waals surface area contributed by atoms with Gasteiger partial charge in [-0.15, -0.1) is 0 Å². The van der Waals surface area contributed by atoms with Crippen LogP contribution in [0.25, 0.3) is 0 Å². The minimum Gasteiger partial charge on any atom is -0.462 e. The number of rotatable bonds is 14. The van der Waals surface area contributed by atoms with Gasteiger partial charge in [-0.3, -0.25) is 19.4 Å². The smallest absolute Gasteiger partial charge is 0.312 e. The largest absolute Gasteiger partial charge is 0.462 e. The Kier molecular flexibility index (Phi) is 13.0. The Bertz CT molecular complexity index is 923. The Labute approximate surface area is 270 Å². The van der Waals surface area contributed by atoms with Crippen LogP contribution in [0.2, 0.25) is 0 Å². The first-order chi connectivity index (χ1) is 20.0. The van der Waals surface area contributed by atoms with E-state index in [1.54, 1.807) is 0 Å². The molecule has 0 bridgehead atoms. The van der Waals surface area contributed by atoms with Crippen molar-refractivity contribution in [2.75, 3.05) is 34.3 Å². The maximum Gasteiger partial charge on any atom is 0.312 e. The van der Waals surface area contributed by atoms with Gasteiger partial charge < -0.3 is 19.1 Å². The molecule has 258 valence electrons. The molecule has 2 saturated heterocycles. The summed E-state index contributed by atoms with van der Waals surface area (Å²) in [7, 11) is 6.41. The number of nitrogens with zero attached hydrogens (tertiary/aromatic N) is 3. The lowest BCUT2D eigenvalue weighted by Crippen LogP contribution is -2.60. The van der Waals surface area contributed by atoms with Gasteiger partial charge in [0.05, 0.1) is 25.0 Å². The van der Waals surface area contributed by atoms with Crippen molar-refractivity contribution < 1.29 is 23.8 Å². The van der Waals surface area contributed by atoms with Crippen LogP contribution in [0, 0.1) is 5.92 Å². The fourth-order valence-electron chi connectivity index (χ4n) is 7.58. The second-order valence-electron chi connectivity index (χ2n) is 17.0. The van der Waals surface area contributed by atoms with Gasteiger partial charge in [-0.2, -0.15) is 0 Å². The second kappa shape index (κ2) is 14.7. The summed E-state index contributed by atoms with van der Waals surface area (Å²) < 4.78 is 18.8. The Morgan fingerprint density at radius 2 is 1.30 bits per heavy atom. The summed E-state index contributed by atoms with van der Waals surface area (Å²) in [6, 6.07) is 0. The first-order valence-electron chi connectivity index (χ1n) is 17.2. The van der Waals surface area contributed by atoms with Crippen molar-refractivity contribution in [1.29, 1.82) is 0 Å². The molecule has 2 aliphatic heterocycles. The Balaban J connectivity index is 2.23. The minimum atomic E-state index is -0.716. The predicted molar refractivity (Wildman–Crippen MR) is 180 cm³/mol. The number of esters is 2. The highest BCUT2D eigenvalue weighted by molar-refractivity contribution is 5.80. The van der Waals surface area contributed by atoms with E-state index in [1.165, 1.54) is 0 Å². The molecule has 2 heterocycles. The second-order valence-corrected chi connectivity index (χ2v) is 17.0. The fourth-order valence-corrected chi connectivity index (χ4v) is 7.58. The molecule has 2 aliphatic rings. The molecule has 0 aromatic heterocycles. The lowest BCUT2D eigenvalue weighted by atomic mass is 9.78. The maximum absolute atomic E-state index is 13.9. The first-order valence-corrected chi connectivity index (χ1v) is 17.2. The van der Waals surface area contributed by atoms with E-state index in [9.17, 15) is 9.59 Å². The number of hydrogen-bond donors (Lipinski definition) is 0. The lowest BCUT2D eigenvalue weighted by molar-refractivity contribution is -0.171. The average molecular weight is 624 g/mol. The minimum absolute atomic E-state index is 0.0124. The molecule has 2 rings (SSSR count). The van der Waals surface area contributed by atoms with Crippen LogP contribution in [0.5, 0.6) is 0 Å². The number of piperidine rings is 2. The molecule has 0 aromatic rings. The number of hydrogen-bond acceptors (Lipinski definition) is 8. The third-order valence-electron chi connectivity index (χ3n) is 11.2. The van der Waals surface area contributed by atoms with Crippen molar-refractivity contribution in [2.24, 2.45) is 5.92 Å². The zero-order valence-corrected chi connectivity index (χ0v) is 31.3. The molecule has 0 aromatic carbocycles. The summed E-state index contributed by atoms with van der Waals surface area (Å²) in [5.74, 6) is -1.42. The van der Waals surface area contributed by atoms with Gasteiger partial charge in [0.1, 0.15) is 12.2 Å². The SMILES string of the molecule is CCCC(CC(C)(C)N(C)CC)OC(=O)C(COC1CC(C)(C)N(C)C(C)(C)C1)CC(=O)OC1CC(C)(C)N(C)C(C)(C)C1. The van der Waals surface area contributed by atoms with Crippen molar-refractivity contribution in [3.63, 3.8) is 0 Å². The normalized spacial score (nSPS) is 24.2. The Morgan fingerprint density at radius 1 is 0.841 bits per heavy atom. The maximum atomic E-state index is 13.9. The van der Waals surface area contributed by atoms with Gasteiger partial charge in [-0.05, 0) is 116 Å². The molecular weight excluding hydrogens is 554 g/mol. The fraction of sp³-hybridized carbons (Fsp3) is 0.944. The van der Waals surface area contributed by atoms with E-state index in [0.29, 0.717) is 0 Å². The molecule has 0 amide bonds. The van der Waals surface area contributed by atoms with Crippen molar-refractivity contribution >= 4 is 11.9 Å². The highest BCUT2D eigenvalue weighted by Gasteiger charge is 2.46. The number of carbonyl (C=O) groups is 2. The van der Waals surface area contributed by atoms with Gasteiger partial charge in [0, 0.05) is 47.0 Å². The van der Waals surface area contributed by atoms with Crippen LogP contribution >= 0.6 is 0 Å². The molecule has 8 nitrogen and oxygen atoms in total. The summed E-state index contributed by atoms with van der Waals surface area (Å²) in [5.41, 5.74) is -0.420. The Morgan fingerprint density at radius 3 is 1.73 bits per heavy atom. The highest BCUT2D eigenvalue weighted by atomic mass is 16.6. The van der Waals surface area contributed by atoms with E-state index >= 15 is 0 Å². The molecule has 0 spiro atoms. The van der Waals surface area contributed by atoms with Gasteiger partial charge in [0.15, 0.2) is 0 Å². The number of ether oxygens (including phenoxy) is 3. The van der Waals surface area contributed by atoms with Gasteiger partial charge >= 0.3 is 11.9 Å². The zero-order valence-electron chi connectivity index (χ0n) is 31.3. The van der Waals surface area contributed by atoms with Crippen LogP contribution in [0.3, 0.4) is 0 Å². The third-order valence-corrected chi connectivity index (χ3v) is 11.2. The van der Waals surface area contributed by atoms with Crippen LogP contribution in [0.15, 0.2) is 0 Å². The molecular formula is C36H69N3O5. The van der Waals surface area contributed by atoms with Crippen molar-refractivity contribution in [2.45, 2.75) is 180 Å². The van der Waals surface area contributed by atoms with Crippen LogP contribution in [0.1, 0.15) is 134 Å². The molecule has 0 radical (unpaired) electrons. The first kappa shape index (κ1) is 39.0. The van der Waals surface area contributed by atoms with Gasteiger partial charge in [0.25, 0.3) is 0 Å². The molecule has 2 atom stereocenters. The summed E-state index contributed by atoms with van der Waals surface area (Å²) in [6.45, 7) is 27.4. The van der Waals surface area contributed by atoms with Crippen molar-refractivity contribution in [1.82, 2.24) is 14.7 Å². The molecule has 0 N–H and O–H groups in total. The highest BCUT2D eigenvalue weighted by Crippen LogP contribution is 2.40. The van der Waals surface area contributed by atoms with Gasteiger partial charge in [-0.25, -0.2) is 0 Å². The third kappa shape index (κ3) is 10.1. The van der Waals surface area contributed by atoms with Crippen molar-refractivity contribution in [3.8, 4) is 0 Å². The molecule has 0 aliphatic carbocycles. The molecule has 8 heteroatoms. The van der Waals surface area contributed by atoms with Crippen LogP contribution in [0.4, 0.5) is 0 Å². The lowest BCUT2D eigenvalue weighted by Gasteiger charge is -2.53. The van der Waals surface area contributed by atoms with Crippen LogP contribution < -0.4 is 0 Å². The summed E-state index contributed by atoms with van der Waals surface area (Å²) in [4.78, 5) is 34.4. The quantitative estimate of drug-likeness (QED) is 0.198. The number of carbonyl (C=O) groups excluding carboxylic acids is 2. The summed E-state index contributed by atoms with van der Waals surface area (Å²) >= 11 is 0. The van der Waals surface area contributed by atoms with Crippen molar-refractivity contribution in [3.05, 3.63) is 0 Å². The van der Waals surface area contributed by atoms with Gasteiger partial charge in [0.2, 0.25) is 0 Å². The van der Waals surface area contributed by atoms with E-state index < -0.39 is 5.92 Å². The molecule has 2 fully saturated rings. The van der Waals surface area contributed by atoms with E-state index in [4.69, 9.17) is 14.2 Å². The molecule has 44 heavy (non-hydrogen) atoms. The van der Waals surface area contributed by atoms with Crippen LogP contribution in [-0.4, -0.2) is 107 Å². The molecule has 0 saturated carbocycles. The summed E-state index contributed by atoms with van der Waals surface area (Å²) in [6.07, 6.45) is 5.16. The van der Waals surface area contributed by atoms with Gasteiger partial charge in [-0.1, -0.05) is 20.3 Å². The van der Waals surface area contributed by atoms with E-state index in [-0.39, 0.29) is 71.0 Å². The Hall–Kier alpha value is -1.22. The standard InChI is InChI=1S/C36H69N3O5/c1-16-18-27(20-32(3,4)37(13)17-2)44-31(41)26(25-42-28-21-33(5,6)38(14)34(7,8)22-28)19-30(40)43-29-23-35(9,10)39(15)36(11,12)24-29/h26-29H,16-25H2,1-15H3. The number of likely N-dealkylation sites (tertiary alicyclic amines) is 2. The van der Waals surface area contributed by atoms with Crippen LogP contribution in [-0.2, 0) is 23.8 Å². The zero-order chi connectivity index (χ0) is 33.9. The predicted octanol–water partition coefficient (Wildman–Crippen LogP) is 6.69.